The summed E-state index contributed by atoms with van der Waals surface area (Å²) in [6.45, 7) is 0. The maximum Gasteiger partial charge on any atom is 0.220 e. The lowest BCUT2D eigenvalue weighted by molar-refractivity contribution is 0.912. The third-order valence-electron chi connectivity index (χ3n) is 3.07. The van der Waals surface area contributed by atoms with E-state index >= 15 is 0 Å². The highest BCUT2D eigenvalue weighted by Crippen LogP contribution is 2.27. The number of aryl methyl sites for hydroxylation is 2. The summed E-state index contributed by atoms with van der Waals surface area (Å²) in [5.41, 5.74) is 10.6. The van der Waals surface area contributed by atoms with Crippen LogP contribution in [0.15, 0.2) is 30.5 Å². The van der Waals surface area contributed by atoms with Crippen LogP contribution < -0.4 is 5.73 Å². The molecule has 0 radical (unpaired) electrons. The summed E-state index contributed by atoms with van der Waals surface area (Å²) < 4.78 is 0. The smallest absolute Gasteiger partial charge is 0.220 e. The van der Waals surface area contributed by atoms with Crippen molar-refractivity contribution in [2.45, 2.75) is 19.3 Å². The summed E-state index contributed by atoms with van der Waals surface area (Å²) in [4.78, 5) is 8.14. The van der Waals surface area contributed by atoms with Gasteiger partial charge in [0, 0.05) is 11.8 Å². The number of hydrogen-bond acceptors (Lipinski definition) is 3. The molecule has 0 bridgehead atoms. The van der Waals surface area contributed by atoms with Gasteiger partial charge in [0.15, 0.2) is 0 Å². The predicted octanol–water partition coefficient (Wildman–Crippen LogP) is 2.21. The molecule has 0 aliphatic heterocycles. The van der Waals surface area contributed by atoms with E-state index in [0.29, 0.717) is 5.95 Å². The Labute approximate surface area is 94.4 Å². The van der Waals surface area contributed by atoms with E-state index < -0.39 is 0 Å². The zero-order valence-corrected chi connectivity index (χ0v) is 8.98. The summed E-state index contributed by atoms with van der Waals surface area (Å²) >= 11 is 0. The Morgan fingerprint density at radius 3 is 2.81 bits per heavy atom. The molecule has 1 heterocycles. The van der Waals surface area contributed by atoms with Gasteiger partial charge in [-0.05, 0) is 42.5 Å². The minimum Gasteiger partial charge on any atom is -0.368 e. The fraction of sp³-hybridized carbons (Fsp3) is 0.231. The molecule has 0 unspecified atom stereocenters. The maximum absolute atomic E-state index is 5.59. The van der Waals surface area contributed by atoms with Crippen LogP contribution in [-0.4, -0.2) is 9.97 Å². The van der Waals surface area contributed by atoms with Crippen LogP contribution in [-0.2, 0) is 12.8 Å². The van der Waals surface area contributed by atoms with Gasteiger partial charge in [0.2, 0.25) is 5.95 Å². The van der Waals surface area contributed by atoms with Gasteiger partial charge in [0.25, 0.3) is 0 Å². The first-order valence-corrected chi connectivity index (χ1v) is 5.53. The van der Waals surface area contributed by atoms with Crippen LogP contribution in [0.25, 0.3) is 11.3 Å². The Balaban J connectivity index is 2.07. The number of benzene rings is 1. The van der Waals surface area contributed by atoms with Crippen LogP contribution >= 0.6 is 0 Å². The lowest BCUT2D eigenvalue weighted by Crippen LogP contribution is -1.95. The SMILES string of the molecule is Nc1nccc(-c2ccc3c(c2)CCC3)n1. The normalized spacial score (nSPS) is 13.8. The zero-order chi connectivity index (χ0) is 11.0. The highest BCUT2D eigenvalue weighted by atomic mass is 15.0. The number of aromatic nitrogens is 2. The van der Waals surface area contributed by atoms with Gasteiger partial charge in [0.05, 0.1) is 5.69 Å². The molecule has 3 nitrogen and oxygen atoms in total. The van der Waals surface area contributed by atoms with Crippen molar-refractivity contribution in [1.29, 1.82) is 0 Å². The first kappa shape index (κ1) is 9.33. The van der Waals surface area contributed by atoms with Crippen LogP contribution in [0.5, 0.6) is 0 Å². The van der Waals surface area contributed by atoms with Gasteiger partial charge in [-0.2, -0.15) is 0 Å². The second kappa shape index (κ2) is 3.59. The molecule has 0 atom stereocenters. The Kier molecular flexibility index (Phi) is 2.10. The highest BCUT2D eigenvalue weighted by Gasteiger charge is 2.11. The number of rotatable bonds is 1. The summed E-state index contributed by atoms with van der Waals surface area (Å²) in [7, 11) is 0. The van der Waals surface area contributed by atoms with Crippen molar-refractivity contribution in [3.05, 3.63) is 41.6 Å². The second-order valence-electron chi connectivity index (χ2n) is 4.14. The lowest BCUT2D eigenvalue weighted by atomic mass is 10.0. The van der Waals surface area contributed by atoms with E-state index in [9.17, 15) is 0 Å². The fourth-order valence-corrected chi connectivity index (χ4v) is 2.27. The lowest BCUT2D eigenvalue weighted by Gasteiger charge is -2.04. The van der Waals surface area contributed by atoms with Crippen LogP contribution in [0.2, 0.25) is 0 Å². The molecule has 2 N–H and O–H groups in total. The van der Waals surface area contributed by atoms with Crippen molar-refractivity contribution in [3.63, 3.8) is 0 Å². The van der Waals surface area contributed by atoms with Crippen molar-refractivity contribution < 1.29 is 0 Å². The van der Waals surface area contributed by atoms with E-state index in [1.165, 1.54) is 30.4 Å². The third kappa shape index (κ3) is 1.54. The van der Waals surface area contributed by atoms with Crippen LogP contribution in [0.1, 0.15) is 17.5 Å². The van der Waals surface area contributed by atoms with E-state index in [0.717, 1.165) is 11.3 Å². The second-order valence-corrected chi connectivity index (χ2v) is 4.14. The number of nitrogen functional groups attached to an aromatic ring is 1. The molecule has 3 rings (SSSR count). The molecular weight excluding hydrogens is 198 g/mol. The first-order valence-electron chi connectivity index (χ1n) is 5.53. The van der Waals surface area contributed by atoms with Gasteiger partial charge < -0.3 is 5.73 Å². The molecule has 1 aliphatic rings. The molecule has 0 saturated heterocycles. The van der Waals surface area contributed by atoms with Crippen molar-refractivity contribution in [3.8, 4) is 11.3 Å². The number of anilines is 1. The van der Waals surface area contributed by atoms with Crippen LogP contribution in [0, 0.1) is 0 Å². The Morgan fingerprint density at radius 1 is 1.06 bits per heavy atom. The van der Waals surface area contributed by atoms with Gasteiger partial charge >= 0.3 is 0 Å². The quantitative estimate of drug-likeness (QED) is 0.786. The summed E-state index contributed by atoms with van der Waals surface area (Å²) in [6, 6.07) is 8.44. The Bertz CT molecular complexity index is 534. The molecule has 1 aromatic carbocycles. The number of nitrogens with two attached hydrogens (primary N) is 1. The molecule has 1 aromatic heterocycles. The van der Waals surface area contributed by atoms with Crippen molar-refractivity contribution in [1.82, 2.24) is 9.97 Å². The molecule has 0 fully saturated rings. The highest BCUT2D eigenvalue weighted by molar-refractivity contribution is 5.62. The monoisotopic (exact) mass is 211 g/mol. The minimum absolute atomic E-state index is 0.331. The number of fused-ring (bicyclic) bond motifs is 1. The first-order chi connectivity index (χ1) is 7.83. The Morgan fingerprint density at radius 2 is 1.94 bits per heavy atom. The summed E-state index contributed by atoms with van der Waals surface area (Å²) in [5, 5.41) is 0. The summed E-state index contributed by atoms with van der Waals surface area (Å²) in [5.74, 6) is 0.331. The van der Waals surface area contributed by atoms with Gasteiger partial charge in [-0.1, -0.05) is 12.1 Å². The van der Waals surface area contributed by atoms with E-state index in [1.54, 1.807) is 6.20 Å². The molecule has 1 aliphatic carbocycles. The average molecular weight is 211 g/mol. The average Bonchev–Trinajstić information content (AvgIpc) is 2.75. The topological polar surface area (TPSA) is 51.8 Å². The van der Waals surface area contributed by atoms with Crippen molar-refractivity contribution in [2.75, 3.05) is 5.73 Å². The molecule has 0 spiro atoms. The Hall–Kier alpha value is -1.90. The largest absolute Gasteiger partial charge is 0.368 e. The zero-order valence-electron chi connectivity index (χ0n) is 8.98. The van der Waals surface area contributed by atoms with Crippen molar-refractivity contribution in [2.24, 2.45) is 0 Å². The van der Waals surface area contributed by atoms with Gasteiger partial charge in [-0.15, -0.1) is 0 Å². The van der Waals surface area contributed by atoms with E-state index in [4.69, 9.17) is 5.73 Å². The van der Waals surface area contributed by atoms with Crippen LogP contribution in [0.4, 0.5) is 5.95 Å². The molecule has 80 valence electrons. The number of hydrogen-bond donors (Lipinski definition) is 1. The standard InChI is InChI=1S/C13H13N3/c14-13-15-7-6-12(16-13)11-5-4-9-2-1-3-10(9)8-11/h4-8H,1-3H2,(H2,14,15,16). The molecule has 3 heteroatoms. The summed E-state index contributed by atoms with van der Waals surface area (Å²) in [6.07, 6.45) is 5.36. The molecule has 0 saturated carbocycles. The predicted molar refractivity (Wildman–Crippen MR) is 63.9 cm³/mol. The number of nitrogens with zero attached hydrogens (tertiary/aromatic N) is 2. The van der Waals surface area contributed by atoms with E-state index in [-0.39, 0.29) is 0 Å². The van der Waals surface area contributed by atoms with Crippen LogP contribution in [0.3, 0.4) is 0 Å². The van der Waals surface area contributed by atoms with E-state index in [1.807, 2.05) is 6.07 Å². The fourth-order valence-electron chi connectivity index (χ4n) is 2.27. The van der Waals surface area contributed by atoms with Gasteiger partial charge in [0.1, 0.15) is 0 Å². The molecule has 2 aromatic rings. The van der Waals surface area contributed by atoms with Gasteiger partial charge in [-0.3, -0.25) is 0 Å². The molecule has 0 amide bonds. The van der Waals surface area contributed by atoms with Gasteiger partial charge in [-0.25, -0.2) is 9.97 Å². The van der Waals surface area contributed by atoms with E-state index in [2.05, 4.69) is 28.2 Å². The van der Waals surface area contributed by atoms with Crippen molar-refractivity contribution >= 4 is 5.95 Å². The minimum atomic E-state index is 0.331. The third-order valence-corrected chi connectivity index (χ3v) is 3.07. The maximum atomic E-state index is 5.59. The molecular formula is C13H13N3. The molecule has 16 heavy (non-hydrogen) atoms.